The van der Waals surface area contributed by atoms with Gasteiger partial charge in [-0.3, -0.25) is 9.59 Å². The molecular formula is C48H52N12O2. The average Bonchev–Trinajstić information content (AvgIpc) is 4.15. The third-order valence-electron chi connectivity index (χ3n) is 13.2. The number of fused-ring (bicyclic) bond motifs is 4. The van der Waals surface area contributed by atoms with Crippen LogP contribution in [0.2, 0.25) is 0 Å². The van der Waals surface area contributed by atoms with E-state index in [-0.39, 0.29) is 29.7 Å². The number of imidazole rings is 2. The Morgan fingerprint density at radius 1 is 0.742 bits per heavy atom. The van der Waals surface area contributed by atoms with Crippen molar-refractivity contribution >= 4 is 45.5 Å². The number of carbonyl (C=O) groups excluding carboxylic acids is 2. The Labute approximate surface area is 360 Å². The fraction of sp³-hybridized carbons (Fsp3) is 0.375. The summed E-state index contributed by atoms with van der Waals surface area (Å²) in [6, 6.07) is 21.9. The molecule has 3 aliphatic rings. The second kappa shape index (κ2) is 16.0. The Kier molecular flexibility index (Phi) is 10.2. The molecule has 10 rings (SSSR count). The topological polar surface area (TPSA) is 174 Å². The first kappa shape index (κ1) is 39.4. The lowest BCUT2D eigenvalue weighted by Crippen LogP contribution is -2.53. The van der Waals surface area contributed by atoms with E-state index in [0.717, 1.165) is 94.5 Å². The SMILES string of the molecule is CC(C)C(Nc1ncccn1)C(=O)N1CCCC1c1ncc(-c2ccc3cc(-c4ccc5nc(C67CCC(CN6C(=O)C(Nc6ncccn6)C(C)C)C7)[nH]c5c4)ccc3c2)[nH]1. The smallest absolute Gasteiger partial charge is 0.246 e. The highest BCUT2D eigenvalue weighted by molar-refractivity contribution is 5.92. The fourth-order valence-corrected chi connectivity index (χ4v) is 9.97. The van der Waals surface area contributed by atoms with Crippen molar-refractivity contribution in [2.24, 2.45) is 17.8 Å². The van der Waals surface area contributed by atoms with Crippen LogP contribution >= 0.6 is 0 Å². The molecule has 1 saturated carbocycles. The Bertz CT molecular complexity index is 2750. The highest BCUT2D eigenvalue weighted by Gasteiger charge is 2.56. The van der Waals surface area contributed by atoms with Gasteiger partial charge in [-0.2, -0.15) is 0 Å². The van der Waals surface area contributed by atoms with Gasteiger partial charge in [-0.05, 0) is 108 Å². The number of aromatic amines is 2. The molecule has 14 nitrogen and oxygen atoms in total. The van der Waals surface area contributed by atoms with Crippen molar-refractivity contribution in [2.75, 3.05) is 23.7 Å². The number of hydrogen-bond donors (Lipinski definition) is 4. The van der Waals surface area contributed by atoms with Crippen molar-refractivity contribution in [3.63, 3.8) is 0 Å². The summed E-state index contributed by atoms with van der Waals surface area (Å²) in [5, 5.41) is 8.83. The first-order chi connectivity index (χ1) is 30.1. The van der Waals surface area contributed by atoms with Crippen LogP contribution in [0, 0.1) is 17.8 Å². The van der Waals surface area contributed by atoms with E-state index in [2.05, 4.69) is 114 Å². The summed E-state index contributed by atoms with van der Waals surface area (Å²) in [5.41, 5.74) is 5.53. The van der Waals surface area contributed by atoms with E-state index in [1.54, 1.807) is 36.9 Å². The molecule has 3 fully saturated rings. The molecule has 0 spiro atoms. The van der Waals surface area contributed by atoms with Gasteiger partial charge in [0, 0.05) is 43.4 Å². The van der Waals surface area contributed by atoms with Crippen molar-refractivity contribution in [1.29, 1.82) is 0 Å². The lowest BCUT2D eigenvalue weighted by Gasteiger charge is -2.40. The van der Waals surface area contributed by atoms with E-state index in [1.165, 1.54) is 0 Å². The molecule has 5 unspecified atom stereocenters. The van der Waals surface area contributed by atoms with Crippen LogP contribution in [0.4, 0.5) is 11.9 Å². The van der Waals surface area contributed by atoms with Crippen molar-refractivity contribution in [3.8, 4) is 22.4 Å². The largest absolute Gasteiger partial charge is 0.342 e. The Morgan fingerprint density at radius 2 is 1.37 bits per heavy atom. The first-order valence-corrected chi connectivity index (χ1v) is 21.9. The summed E-state index contributed by atoms with van der Waals surface area (Å²) >= 11 is 0. The minimum absolute atomic E-state index is 0.0316. The Morgan fingerprint density at radius 3 is 2.05 bits per heavy atom. The van der Waals surface area contributed by atoms with E-state index < -0.39 is 17.6 Å². The van der Waals surface area contributed by atoms with Gasteiger partial charge in [0.1, 0.15) is 29.3 Å². The van der Waals surface area contributed by atoms with Gasteiger partial charge in [-0.25, -0.2) is 29.9 Å². The van der Waals surface area contributed by atoms with Gasteiger partial charge in [0.15, 0.2) is 0 Å². The molecule has 7 aromatic rings. The zero-order valence-corrected chi connectivity index (χ0v) is 35.5. The summed E-state index contributed by atoms with van der Waals surface area (Å²) in [7, 11) is 0. The molecule has 14 heteroatoms. The maximum atomic E-state index is 14.3. The Balaban J connectivity index is 0.863. The molecule has 316 valence electrons. The van der Waals surface area contributed by atoms with Crippen LogP contribution in [0.3, 0.4) is 0 Å². The number of benzene rings is 3. The van der Waals surface area contributed by atoms with E-state index in [1.807, 2.05) is 24.9 Å². The third-order valence-corrected chi connectivity index (χ3v) is 13.2. The Hall–Kier alpha value is -6.70. The number of nitrogens with one attached hydrogen (secondary N) is 4. The molecule has 5 atom stereocenters. The molecule has 0 radical (unpaired) electrons. The number of anilines is 2. The van der Waals surface area contributed by atoms with Crippen molar-refractivity contribution in [3.05, 3.63) is 109 Å². The number of amides is 2. The zero-order chi connectivity index (χ0) is 42.5. The van der Waals surface area contributed by atoms with E-state index >= 15 is 0 Å². The van der Waals surface area contributed by atoms with Crippen LogP contribution in [0.5, 0.6) is 0 Å². The van der Waals surface area contributed by atoms with E-state index in [0.29, 0.717) is 24.4 Å². The lowest BCUT2D eigenvalue weighted by molar-refractivity contribution is -0.139. The summed E-state index contributed by atoms with van der Waals surface area (Å²) in [6.07, 6.45) is 13.2. The third kappa shape index (κ3) is 7.20. The summed E-state index contributed by atoms with van der Waals surface area (Å²) in [6.45, 7) is 9.59. The summed E-state index contributed by atoms with van der Waals surface area (Å²) < 4.78 is 0. The maximum Gasteiger partial charge on any atom is 0.246 e. The van der Waals surface area contributed by atoms with E-state index in [4.69, 9.17) is 9.97 Å². The highest BCUT2D eigenvalue weighted by Crippen LogP contribution is 2.53. The van der Waals surface area contributed by atoms with Crippen LogP contribution in [0.15, 0.2) is 97.7 Å². The molecule has 2 saturated heterocycles. The molecular weight excluding hydrogens is 777 g/mol. The summed E-state index contributed by atoms with van der Waals surface area (Å²) in [5.74, 6) is 3.21. The number of piperidine rings is 1. The number of likely N-dealkylation sites (tertiary alicyclic amines) is 2. The molecule has 2 bridgehead atoms. The fourth-order valence-electron chi connectivity index (χ4n) is 9.97. The number of hydrogen-bond acceptors (Lipinski definition) is 10. The van der Waals surface area contributed by atoms with Crippen molar-refractivity contribution in [1.82, 2.24) is 49.7 Å². The van der Waals surface area contributed by atoms with Gasteiger partial charge in [0.2, 0.25) is 23.7 Å². The molecule has 4 aromatic heterocycles. The molecule has 62 heavy (non-hydrogen) atoms. The first-order valence-electron chi connectivity index (χ1n) is 21.9. The van der Waals surface area contributed by atoms with Crippen molar-refractivity contribution in [2.45, 2.75) is 83.5 Å². The molecule has 4 N–H and O–H groups in total. The quantitative estimate of drug-likeness (QED) is 0.0942. The molecule has 6 heterocycles. The normalized spacial score (nSPS) is 20.7. The van der Waals surface area contributed by atoms with Gasteiger partial charge in [-0.15, -0.1) is 0 Å². The average molecular weight is 829 g/mol. The van der Waals surface area contributed by atoms with Gasteiger partial charge in [-0.1, -0.05) is 58.0 Å². The van der Waals surface area contributed by atoms with Crippen LogP contribution < -0.4 is 10.6 Å². The summed E-state index contributed by atoms with van der Waals surface area (Å²) in [4.78, 5) is 66.8. The van der Waals surface area contributed by atoms with Crippen LogP contribution in [0.1, 0.15) is 77.5 Å². The van der Waals surface area contributed by atoms with Gasteiger partial charge >= 0.3 is 0 Å². The van der Waals surface area contributed by atoms with Crippen molar-refractivity contribution < 1.29 is 9.59 Å². The second-order valence-electron chi connectivity index (χ2n) is 17.9. The second-order valence-corrected chi connectivity index (χ2v) is 17.9. The molecule has 2 amide bonds. The predicted octanol–water partition coefficient (Wildman–Crippen LogP) is 8.13. The van der Waals surface area contributed by atoms with Crippen LogP contribution in [-0.4, -0.2) is 86.7 Å². The molecule has 2 aliphatic heterocycles. The maximum absolute atomic E-state index is 14.3. The van der Waals surface area contributed by atoms with Gasteiger partial charge < -0.3 is 30.4 Å². The molecule has 1 aliphatic carbocycles. The lowest BCUT2D eigenvalue weighted by atomic mass is 9.93. The number of nitrogens with zero attached hydrogens (tertiary/aromatic N) is 8. The monoisotopic (exact) mass is 828 g/mol. The van der Waals surface area contributed by atoms with Crippen LogP contribution in [-0.2, 0) is 15.1 Å². The zero-order valence-electron chi connectivity index (χ0n) is 35.5. The minimum Gasteiger partial charge on any atom is -0.342 e. The van der Waals surface area contributed by atoms with Gasteiger partial charge in [0.25, 0.3) is 0 Å². The predicted molar refractivity (Wildman–Crippen MR) is 240 cm³/mol. The number of aromatic nitrogens is 8. The number of rotatable bonds is 12. The van der Waals surface area contributed by atoms with E-state index in [9.17, 15) is 9.59 Å². The minimum atomic E-state index is -0.468. The number of H-pyrrole nitrogens is 2. The van der Waals surface area contributed by atoms with Crippen LogP contribution in [0.25, 0.3) is 44.2 Å². The standard InChI is InChI=1S/C48H52N12O2/c1-28(2)40(57-46-49-17-6-18-50-46)43(61)59-21-5-8-39(59)42-53-26-38(54-42)35-12-11-31-22-32(9-10-33(31)23-35)34-13-14-36-37(24-34)56-45(55-36)48-16-15-30(25-48)27-60(48)44(62)41(29(3)4)58-47-51-19-7-20-52-47/h6-7,9-14,17-20,22-24,26,28-30,39-41H,5,8,15-16,21,25,27H2,1-4H3,(H,53,54)(H,55,56)(H,49,50,57)(H,51,52,58). The highest BCUT2D eigenvalue weighted by atomic mass is 16.2. The van der Waals surface area contributed by atoms with Gasteiger partial charge in [0.05, 0.1) is 29.0 Å². The molecule has 3 aromatic carbocycles. The number of carbonyl (C=O) groups is 2.